The fraction of sp³-hybridized carbons (Fsp3) is 0.474. The van der Waals surface area contributed by atoms with Gasteiger partial charge in [-0.1, -0.05) is 12.2 Å². The van der Waals surface area contributed by atoms with E-state index in [0.717, 1.165) is 5.01 Å². The molecular weight excluding hydrogens is 441 g/mol. The predicted octanol–water partition coefficient (Wildman–Crippen LogP) is 1.37. The fourth-order valence-corrected chi connectivity index (χ4v) is 4.01. The van der Waals surface area contributed by atoms with Gasteiger partial charge in [-0.25, -0.2) is 15.0 Å². The number of piperidine rings is 1. The maximum Gasteiger partial charge on any atom is 0.414 e. The Morgan fingerprint density at radius 3 is 2.68 bits per heavy atom. The van der Waals surface area contributed by atoms with Crippen molar-refractivity contribution in [2.75, 3.05) is 36.0 Å². The zero-order valence-electron chi connectivity index (χ0n) is 17.0. The molecule has 2 aliphatic rings. The van der Waals surface area contributed by atoms with E-state index in [2.05, 4.69) is 11.4 Å². The van der Waals surface area contributed by atoms with Gasteiger partial charge in [-0.2, -0.15) is 5.26 Å². The molecule has 0 spiro atoms. The number of nitrogens with zero attached hydrogens (tertiary/aromatic N) is 4. The first-order valence-corrected chi connectivity index (χ1v) is 10.5. The SMILES string of the molecule is CC(=S)NC[C@H]1CN(c2ccc(N3CCC(C#N)(N(N)C(N)=S)CC3)c(F)c2)C(=O)O1. The van der Waals surface area contributed by atoms with Crippen LogP contribution in [0.5, 0.6) is 0 Å². The molecule has 2 heterocycles. The van der Waals surface area contributed by atoms with Crippen molar-refractivity contribution in [1.82, 2.24) is 10.3 Å². The summed E-state index contributed by atoms with van der Waals surface area (Å²) in [5, 5.41) is 13.6. The molecule has 2 aliphatic heterocycles. The van der Waals surface area contributed by atoms with Gasteiger partial charge in [-0.05, 0) is 37.3 Å². The van der Waals surface area contributed by atoms with Crippen LogP contribution in [0.15, 0.2) is 18.2 Å². The zero-order valence-corrected chi connectivity index (χ0v) is 18.6. The summed E-state index contributed by atoms with van der Waals surface area (Å²) in [6.07, 6.45) is -0.198. The summed E-state index contributed by atoms with van der Waals surface area (Å²) in [7, 11) is 0. The number of carbonyl (C=O) groups is 1. The molecule has 0 bridgehead atoms. The highest BCUT2D eigenvalue weighted by Gasteiger charge is 2.41. The molecule has 1 atom stereocenters. The fourth-order valence-electron chi connectivity index (χ4n) is 3.75. The number of hydrazine groups is 1. The van der Waals surface area contributed by atoms with Gasteiger partial charge in [0.25, 0.3) is 0 Å². The van der Waals surface area contributed by atoms with Crippen molar-refractivity contribution in [3.63, 3.8) is 0 Å². The molecule has 31 heavy (non-hydrogen) atoms. The Kier molecular flexibility index (Phi) is 6.78. The van der Waals surface area contributed by atoms with Crippen molar-refractivity contribution >= 4 is 52.0 Å². The molecule has 1 aromatic carbocycles. The van der Waals surface area contributed by atoms with Gasteiger partial charge in [-0.3, -0.25) is 9.91 Å². The van der Waals surface area contributed by atoms with Crippen molar-refractivity contribution in [2.24, 2.45) is 11.6 Å². The standard InChI is InChI=1S/C19H24FN7O2S2/c1-12(30)24-9-14-10-26(18(28)29-14)13-2-3-16(15(20)8-13)25-6-4-19(11-21,5-7-25)27(23)17(22)31/h2-3,8,14H,4-7,9-10,23H2,1H3,(H2,22,31)(H,24,30)/t14-/m0/s1. The first-order valence-electron chi connectivity index (χ1n) is 9.69. The van der Waals surface area contributed by atoms with Gasteiger partial charge in [0.15, 0.2) is 5.11 Å². The van der Waals surface area contributed by atoms with Crippen molar-refractivity contribution in [3.05, 3.63) is 24.0 Å². The molecule has 0 unspecified atom stereocenters. The molecule has 2 fully saturated rings. The second kappa shape index (κ2) is 9.17. The summed E-state index contributed by atoms with van der Waals surface area (Å²) in [6, 6.07) is 6.81. The Morgan fingerprint density at radius 2 is 2.13 bits per heavy atom. The molecule has 1 amide bonds. The molecule has 0 saturated carbocycles. The summed E-state index contributed by atoms with van der Waals surface area (Å²) >= 11 is 9.86. The van der Waals surface area contributed by atoms with Crippen LogP contribution in [-0.4, -0.2) is 59.0 Å². The minimum absolute atomic E-state index is 0.0581. The lowest BCUT2D eigenvalue weighted by Crippen LogP contribution is -2.61. The lowest BCUT2D eigenvalue weighted by atomic mass is 9.88. The van der Waals surface area contributed by atoms with Crippen LogP contribution in [0, 0.1) is 17.1 Å². The quantitative estimate of drug-likeness (QED) is 0.334. The molecular formula is C19H24FN7O2S2. The van der Waals surface area contributed by atoms with Gasteiger partial charge >= 0.3 is 6.09 Å². The Hall–Kier alpha value is -2.75. The lowest BCUT2D eigenvalue weighted by molar-refractivity contribution is 0.143. The molecule has 0 aromatic heterocycles. The van der Waals surface area contributed by atoms with E-state index < -0.39 is 17.4 Å². The highest BCUT2D eigenvalue weighted by molar-refractivity contribution is 7.80. The van der Waals surface area contributed by atoms with Gasteiger partial charge in [-0.15, -0.1) is 0 Å². The van der Waals surface area contributed by atoms with Gasteiger partial charge in [0.2, 0.25) is 0 Å². The van der Waals surface area contributed by atoms with E-state index in [1.807, 2.05) is 4.90 Å². The number of ether oxygens (including phenoxy) is 1. The van der Waals surface area contributed by atoms with E-state index >= 15 is 0 Å². The number of nitrogens with two attached hydrogens (primary N) is 2. The smallest absolute Gasteiger partial charge is 0.414 e. The van der Waals surface area contributed by atoms with Crippen molar-refractivity contribution < 1.29 is 13.9 Å². The van der Waals surface area contributed by atoms with Crippen LogP contribution in [0.4, 0.5) is 20.6 Å². The van der Waals surface area contributed by atoms with Crippen LogP contribution >= 0.6 is 24.4 Å². The first-order chi connectivity index (χ1) is 14.7. The van der Waals surface area contributed by atoms with Gasteiger partial charge in [0.05, 0.1) is 35.5 Å². The summed E-state index contributed by atoms with van der Waals surface area (Å²) < 4.78 is 20.2. The maximum atomic E-state index is 14.9. The molecule has 9 nitrogen and oxygen atoms in total. The number of anilines is 2. The number of rotatable bonds is 5. The Bertz CT molecular complexity index is 930. The summed E-state index contributed by atoms with van der Waals surface area (Å²) in [5.41, 5.74) is 5.37. The van der Waals surface area contributed by atoms with E-state index in [-0.39, 0.29) is 11.2 Å². The molecule has 0 aliphatic carbocycles. The molecule has 2 saturated heterocycles. The topological polar surface area (TPSA) is 124 Å². The van der Waals surface area contributed by atoms with Crippen LogP contribution in [-0.2, 0) is 4.74 Å². The number of nitrogens with one attached hydrogen (secondary N) is 1. The minimum atomic E-state index is -1.01. The molecule has 12 heteroatoms. The second-order valence-electron chi connectivity index (χ2n) is 7.53. The molecule has 5 N–H and O–H groups in total. The number of halogens is 1. The average Bonchev–Trinajstić information content (AvgIpc) is 3.12. The number of hydrogen-bond acceptors (Lipinski definition) is 7. The van der Waals surface area contributed by atoms with Crippen LogP contribution in [0.25, 0.3) is 0 Å². The van der Waals surface area contributed by atoms with Crippen molar-refractivity contribution in [2.45, 2.75) is 31.4 Å². The number of hydrogen-bond donors (Lipinski definition) is 3. The molecule has 166 valence electrons. The number of nitriles is 1. The minimum Gasteiger partial charge on any atom is -0.442 e. The summed E-state index contributed by atoms with van der Waals surface area (Å²) in [5.74, 6) is 5.43. The third-order valence-corrected chi connectivity index (χ3v) is 5.87. The van der Waals surface area contributed by atoms with Crippen LogP contribution < -0.4 is 26.7 Å². The summed E-state index contributed by atoms with van der Waals surface area (Å²) in [6.45, 7) is 3.24. The van der Waals surface area contributed by atoms with E-state index in [0.29, 0.717) is 55.4 Å². The number of thiocarbonyl (C=S) groups is 2. The van der Waals surface area contributed by atoms with Gasteiger partial charge in [0.1, 0.15) is 17.5 Å². The Labute approximate surface area is 190 Å². The molecule has 1 aromatic rings. The van der Waals surface area contributed by atoms with Crippen LogP contribution in [0.3, 0.4) is 0 Å². The van der Waals surface area contributed by atoms with Crippen molar-refractivity contribution in [1.29, 1.82) is 5.26 Å². The molecule has 0 radical (unpaired) electrons. The zero-order chi connectivity index (χ0) is 22.8. The van der Waals surface area contributed by atoms with Gasteiger partial charge < -0.3 is 20.7 Å². The van der Waals surface area contributed by atoms with E-state index in [1.165, 1.54) is 11.0 Å². The van der Waals surface area contributed by atoms with E-state index in [1.54, 1.807) is 19.1 Å². The Balaban J connectivity index is 1.68. The lowest BCUT2D eigenvalue weighted by Gasteiger charge is -2.43. The van der Waals surface area contributed by atoms with Gasteiger partial charge in [0, 0.05) is 25.9 Å². The number of cyclic esters (lactones) is 1. The third kappa shape index (κ3) is 4.79. The van der Waals surface area contributed by atoms with Crippen LogP contribution in [0.1, 0.15) is 19.8 Å². The highest BCUT2D eigenvalue weighted by Crippen LogP contribution is 2.33. The number of carbonyl (C=O) groups excluding carboxylic acids is 1. The normalized spacial score (nSPS) is 20.1. The first kappa shape index (κ1) is 22.9. The summed E-state index contributed by atoms with van der Waals surface area (Å²) in [4.78, 5) is 16.0. The Morgan fingerprint density at radius 1 is 1.45 bits per heavy atom. The number of benzene rings is 1. The van der Waals surface area contributed by atoms with Crippen molar-refractivity contribution in [3.8, 4) is 6.07 Å². The largest absolute Gasteiger partial charge is 0.442 e. The second-order valence-corrected chi connectivity index (χ2v) is 8.56. The molecule has 3 rings (SSSR count). The van der Waals surface area contributed by atoms with Crippen LogP contribution in [0.2, 0.25) is 0 Å². The van der Waals surface area contributed by atoms with E-state index in [4.69, 9.17) is 40.7 Å². The number of amides is 1. The predicted molar refractivity (Wildman–Crippen MR) is 123 cm³/mol. The third-order valence-electron chi connectivity index (χ3n) is 5.53. The highest BCUT2D eigenvalue weighted by atomic mass is 32.1. The average molecular weight is 466 g/mol. The van der Waals surface area contributed by atoms with E-state index in [9.17, 15) is 14.4 Å². The monoisotopic (exact) mass is 465 g/mol. The maximum absolute atomic E-state index is 14.9.